The van der Waals surface area contributed by atoms with Crippen LogP contribution in [-0.4, -0.2) is 168 Å². The van der Waals surface area contributed by atoms with Gasteiger partial charge in [-0.1, -0.05) is 119 Å². The van der Waals surface area contributed by atoms with Crippen molar-refractivity contribution in [1.29, 1.82) is 21.0 Å². The summed E-state index contributed by atoms with van der Waals surface area (Å²) < 4.78 is 91.7. The number of carbonyl (C=O) groups excluding carboxylic acids is 7. The zero-order valence-electron chi connectivity index (χ0n) is 64.7. The van der Waals surface area contributed by atoms with E-state index in [1.54, 1.807) is 72.8 Å². The van der Waals surface area contributed by atoms with Gasteiger partial charge in [0, 0.05) is 64.9 Å². The molecule has 0 saturated carbocycles. The van der Waals surface area contributed by atoms with Crippen LogP contribution in [0.25, 0.3) is 0 Å². The van der Waals surface area contributed by atoms with Gasteiger partial charge in [-0.25, -0.2) is 33.4 Å². The van der Waals surface area contributed by atoms with Gasteiger partial charge >= 0.3 is 5.97 Å². The number of anilines is 1. The number of hydrogen-bond donors (Lipinski definition) is 6. The maximum absolute atomic E-state index is 14.0. The van der Waals surface area contributed by atoms with Crippen molar-refractivity contribution in [2.75, 3.05) is 66.0 Å². The van der Waals surface area contributed by atoms with Gasteiger partial charge in [-0.2, -0.15) is 25.4 Å². The van der Waals surface area contributed by atoms with E-state index in [2.05, 4.69) is 28.4 Å². The van der Waals surface area contributed by atoms with Gasteiger partial charge in [0.1, 0.15) is 52.8 Å². The van der Waals surface area contributed by atoms with Gasteiger partial charge in [-0.3, -0.25) is 54.4 Å². The Labute approximate surface area is 658 Å². The molecule has 0 radical (unpaired) electrons. The largest absolute Gasteiger partial charge is 0.493 e. The first-order valence-corrected chi connectivity index (χ1v) is 36.2. The molecule has 113 heavy (non-hydrogen) atoms. The Bertz CT molecular complexity index is 4320. The zero-order valence-corrected chi connectivity index (χ0v) is 65.5. The van der Waals surface area contributed by atoms with E-state index in [1.165, 1.54) is 66.6 Å². The third-order valence-corrected chi connectivity index (χ3v) is 16.4. The molecule has 6 aromatic rings. The normalized spacial score (nSPS) is 11.4. The Hall–Kier alpha value is -11.6. The summed E-state index contributed by atoms with van der Waals surface area (Å²) in [6.07, 6.45) is 2.77. The average Bonchev–Trinajstić information content (AvgIpc) is 0.792. The molecule has 0 saturated heterocycles. The molecule has 6 amide bonds. The third kappa shape index (κ3) is 32.3. The van der Waals surface area contributed by atoms with Crippen LogP contribution in [0.1, 0.15) is 155 Å². The second kappa shape index (κ2) is 50.3. The minimum atomic E-state index is -2.19. The van der Waals surface area contributed by atoms with Crippen molar-refractivity contribution in [3.63, 3.8) is 0 Å². The van der Waals surface area contributed by atoms with Gasteiger partial charge in [0.15, 0.2) is 35.7 Å². The molecular weight excluding hydrogens is 1500 g/mol. The number of nitriles is 4. The van der Waals surface area contributed by atoms with Crippen molar-refractivity contribution in [2.24, 2.45) is 5.92 Å². The van der Waals surface area contributed by atoms with E-state index >= 15 is 0 Å². The fourth-order valence-electron chi connectivity index (χ4n) is 9.84. The molecule has 0 bridgehead atoms. The number of para-hydroxylation sites is 2. The van der Waals surface area contributed by atoms with E-state index < -0.39 is 101 Å². The van der Waals surface area contributed by atoms with Crippen molar-refractivity contribution in [3.8, 4) is 53.0 Å². The Kier molecular flexibility index (Phi) is 42.6. The maximum atomic E-state index is 14.0. The summed E-state index contributed by atoms with van der Waals surface area (Å²) >= 11 is 6.21. The van der Waals surface area contributed by atoms with Crippen LogP contribution < -0.4 is 34.3 Å². The van der Waals surface area contributed by atoms with Gasteiger partial charge in [0.2, 0.25) is 23.6 Å². The monoisotopic (exact) mass is 1590 g/mol. The van der Waals surface area contributed by atoms with Crippen LogP contribution in [0, 0.1) is 88.4 Å². The Morgan fingerprint density at radius 1 is 0.575 bits per heavy atom. The van der Waals surface area contributed by atoms with Crippen LogP contribution in [0.4, 0.5) is 23.2 Å². The van der Waals surface area contributed by atoms with Crippen LogP contribution >= 0.6 is 11.6 Å². The van der Waals surface area contributed by atoms with Gasteiger partial charge in [0.25, 0.3) is 29.5 Å². The first-order valence-electron chi connectivity index (χ1n) is 35.8. The molecular formula is C80H95ClF4N10O18. The number of hydroxylamine groups is 8. The zero-order chi connectivity index (χ0) is 84.4. The lowest BCUT2D eigenvalue weighted by molar-refractivity contribution is -0.175. The lowest BCUT2D eigenvalue weighted by Crippen LogP contribution is -2.43. The van der Waals surface area contributed by atoms with Gasteiger partial charge in [-0.15, -0.1) is 0 Å². The van der Waals surface area contributed by atoms with E-state index in [0.29, 0.717) is 64.6 Å². The van der Waals surface area contributed by atoms with E-state index in [0.717, 1.165) is 48.1 Å². The van der Waals surface area contributed by atoms with E-state index in [-0.39, 0.29) is 89.1 Å². The van der Waals surface area contributed by atoms with Gasteiger partial charge in [-0.05, 0) is 119 Å². The summed E-state index contributed by atoms with van der Waals surface area (Å²) in [6.45, 7) is 14.9. The average molecular weight is 1600 g/mol. The summed E-state index contributed by atoms with van der Waals surface area (Å²) in [7, 11) is 3.66. The summed E-state index contributed by atoms with van der Waals surface area (Å²) in [4.78, 5) is 84.2. The summed E-state index contributed by atoms with van der Waals surface area (Å²) in [5.74, 6) is -12.0. The molecule has 4 unspecified atom stereocenters. The minimum absolute atomic E-state index is 0.00206. The number of likely N-dealkylation sites (N-methyl/N-ethyl adjacent to an activating group) is 3. The third-order valence-electron chi connectivity index (χ3n) is 16.1. The molecule has 28 nitrogen and oxygen atoms in total. The number of carbonyl (C=O) groups is 7. The molecule has 6 rings (SSSR count). The molecule has 0 aliphatic rings. The van der Waals surface area contributed by atoms with E-state index in [9.17, 15) is 77.3 Å². The second-order valence-corrected chi connectivity index (χ2v) is 25.9. The van der Waals surface area contributed by atoms with Crippen LogP contribution in [0.15, 0.2) is 103 Å². The number of amides is 6. The van der Waals surface area contributed by atoms with Crippen molar-refractivity contribution in [2.45, 2.75) is 150 Å². The lowest BCUT2D eigenvalue weighted by atomic mass is 10.1. The number of nitrogens with zero attached hydrogens (tertiary/aromatic N) is 8. The lowest BCUT2D eigenvalue weighted by Gasteiger charge is -2.24. The number of hydrogen-bond acceptors (Lipinski definition) is 22. The Balaban J connectivity index is 0.000000404. The topological polar surface area (TPSA) is 397 Å². The van der Waals surface area contributed by atoms with Crippen LogP contribution in [0.3, 0.4) is 0 Å². The van der Waals surface area contributed by atoms with Gasteiger partial charge < -0.3 is 43.8 Å². The molecule has 0 spiro atoms. The van der Waals surface area contributed by atoms with Crippen LogP contribution in [0.2, 0.25) is 5.02 Å². The second-order valence-electron chi connectivity index (χ2n) is 25.5. The molecule has 6 aromatic carbocycles. The summed E-state index contributed by atoms with van der Waals surface area (Å²) in [5.41, 5.74) is 3.03. The van der Waals surface area contributed by atoms with Crippen LogP contribution in [0.5, 0.6) is 28.7 Å². The number of unbranched alkanes of at least 4 members (excludes halogenated alkanes) is 5. The SMILES string of the molecule is CC(Oc1ccccc1C#N)C(=O)N(C)O.CCCCCCCCN(O)C(=O)C(Cc1ccc(NC(=O)CCC(=O)OC)cc1)Oc1ccccc1C#N.CCN(O)C(=O)C(COCCC(C)C)Oc1c(F)c(F)c(F)c(F)c1C#N.Cc1ccc(OCCCNC(=O)c2cc(C#N)c(OC(C)C(=O)N(C)O)cc2Cl)c(C)c1. The van der Waals surface area contributed by atoms with E-state index in [1.807, 2.05) is 58.0 Å². The first-order chi connectivity index (χ1) is 53.7. The number of benzene rings is 6. The quantitative estimate of drug-likeness (QED) is 0.00401. The van der Waals surface area contributed by atoms with E-state index in [4.69, 9.17) is 55.8 Å². The standard InChI is InChI=1S/C29H37N3O6.C23H26ClN3O5.C17H20F4N2O4.C11H12N2O3/c1-3-4-5-6-7-10-19-32(36)29(35)26(38-25-12-9-8-11-23(25)21-30)20-22-13-15-24(16-14-22)31-27(33)17-18-28(34)37-2;1-14-6-7-20(15(2)10-14)31-9-5-8-26-22(28)18-11-17(13-25)21(12-19(18)24)32-16(3)23(29)27(4)30;1-4-23(25)17(24)11(8-26-6-5-9(2)3)27-16-10(7-22)12(18)13(19)14(20)15(16)21;1-8(11(14)13(2)15)16-10-6-4-3-5-9(10)7-12/h8-9,11-16,26,36H,3-7,10,17-20H2,1-2H3,(H,31,33);6-7,10-12,16,30H,5,8-9H2,1-4H3,(H,26,28);9,11,25H,4-6,8H2,1-3H3;3-6,8,15H,1-2H3. The predicted octanol–water partition coefficient (Wildman–Crippen LogP) is 13.0. The van der Waals surface area contributed by atoms with Gasteiger partial charge in [0.05, 0.1) is 54.0 Å². The molecule has 608 valence electrons. The Morgan fingerprint density at radius 2 is 1.13 bits per heavy atom. The van der Waals surface area contributed by atoms with Crippen molar-refractivity contribution in [1.82, 2.24) is 25.6 Å². The number of methoxy groups -OCH3 is 1. The minimum Gasteiger partial charge on any atom is -0.493 e. The molecule has 0 aliphatic carbocycles. The maximum Gasteiger partial charge on any atom is 0.306 e. The summed E-state index contributed by atoms with van der Waals surface area (Å²) in [6, 6.07) is 35.7. The number of nitrogens with one attached hydrogen (secondary N) is 2. The van der Waals surface area contributed by atoms with Crippen molar-refractivity contribution >= 4 is 58.7 Å². The number of esters is 1. The molecule has 33 heteroatoms. The highest BCUT2D eigenvalue weighted by Crippen LogP contribution is 2.33. The fourth-order valence-corrected chi connectivity index (χ4v) is 10.1. The number of rotatable bonds is 37. The predicted molar refractivity (Wildman–Crippen MR) is 402 cm³/mol. The molecule has 6 N–H and O–H groups in total. The highest BCUT2D eigenvalue weighted by molar-refractivity contribution is 6.34. The number of ether oxygens (including phenoxy) is 7. The molecule has 0 fully saturated rings. The number of aryl methyl sites for hydroxylation is 2. The van der Waals surface area contributed by atoms with Crippen LogP contribution in [-0.2, 0) is 44.7 Å². The molecule has 0 aromatic heterocycles. The first kappa shape index (κ1) is 95.6. The Morgan fingerprint density at radius 3 is 1.68 bits per heavy atom. The molecule has 0 aliphatic heterocycles. The van der Waals surface area contributed by atoms with Crippen molar-refractivity contribution in [3.05, 3.63) is 176 Å². The highest BCUT2D eigenvalue weighted by atomic mass is 35.5. The fraction of sp³-hybridized carbons (Fsp3) is 0.412. The summed E-state index contributed by atoms with van der Waals surface area (Å²) in [5, 5.41) is 82.1. The highest BCUT2D eigenvalue weighted by Gasteiger charge is 2.33. The number of halogens is 5. The smallest absolute Gasteiger partial charge is 0.306 e. The van der Waals surface area contributed by atoms with Crippen molar-refractivity contribution < 1.29 is 105 Å². The molecule has 4 atom stereocenters. The molecule has 0 heterocycles.